The predicted octanol–water partition coefficient (Wildman–Crippen LogP) is 5.60. The Morgan fingerprint density at radius 2 is 1.82 bits per heavy atom. The topological polar surface area (TPSA) is 9.23 Å². The summed E-state index contributed by atoms with van der Waals surface area (Å²) >= 11 is 1.50. The van der Waals surface area contributed by atoms with Crippen LogP contribution in [0.25, 0.3) is 0 Å². The van der Waals surface area contributed by atoms with E-state index in [1.807, 2.05) is 0 Å². The van der Waals surface area contributed by atoms with Gasteiger partial charge in [-0.15, -0.1) is 0 Å². The Kier molecular flexibility index (Phi) is 5.58. The first-order chi connectivity index (χ1) is 10.8. The van der Waals surface area contributed by atoms with Crippen LogP contribution in [0.2, 0.25) is 0 Å². The van der Waals surface area contributed by atoms with Crippen LogP contribution in [0.1, 0.15) is 36.0 Å². The number of hydrogen-bond acceptors (Lipinski definition) is 2. The second-order valence-electron chi connectivity index (χ2n) is 6.24. The van der Waals surface area contributed by atoms with Crippen molar-refractivity contribution in [1.82, 2.24) is 0 Å². The third-order valence-electron chi connectivity index (χ3n) is 4.47. The summed E-state index contributed by atoms with van der Waals surface area (Å²) in [5.41, 5.74) is 4.42. The minimum Gasteiger partial charge on any atom is -0.310 e. The molecule has 0 spiro atoms. The monoisotopic (exact) mass is 312 g/mol. The van der Waals surface area contributed by atoms with Crippen LogP contribution in [-0.4, -0.2) is 6.61 Å². The smallest absolute Gasteiger partial charge is 0.0618 e. The van der Waals surface area contributed by atoms with Gasteiger partial charge in [-0.1, -0.05) is 42.0 Å². The van der Waals surface area contributed by atoms with Crippen molar-refractivity contribution in [1.29, 1.82) is 0 Å². The summed E-state index contributed by atoms with van der Waals surface area (Å²) in [7, 11) is 0. The molecule has 2 aromatic carbocycles. The van der Waals surface area contributed by atoms with Crippen molar-refractivity contribution in [3.8, 4) is 0 Å². The molecule has 1 aliphatic carbocycles. The highest BCUT2D eigenvalue weighted by molar-refractivity contribution is 7.94. The molecule has 0 saturated carbocycles. The first-order valence-electron chi connectivity index (χ1n) is 8.24. The highest BCUT2D eigenvalue weighted by Crippen LogP contribution is 2.28. The first kappa shape index (κ1) is 15.6. The third kappa shape index (κ3) is 4.37. The van der Waals surface area contributed by atoms with Gasteiger partial charge in [0.1, 0.15) is 0 Å². The fourth-order valence-electron chi connectivity index (χ4n) is 3.15. The number of hydrogen-bond donors (Lipinski definition) is 0. The Morgan fingerprint density at radius 1 is 1.05 bits per heavy atom. The van der Waals surface area contributed by atoms with E-state index in [4.69, 9.17) is 4.18 Å². The number of aryl methyl sites for hydroxylation is 2. The molecule has 1 aliphatic rings. The molecule has 0 aliphatic heterocycles. The van der Waals surface area contributed by atoms with E-state index in [9.17, 15) is 0 Å². The van der Waals surface area contributed by atoms with Crippen LogP contribution in [-0.2, 0) is 17.0 Å². The summed E-state index contributed by atoms with van der Waals surface area (Å²) in [6, 6.07) is 17.4. The highest BCUT2D eigenvalue weighted by atomic mass is 32.2. The van der Waals surface area contributed by atoms with Gasteiger partial charge in [-0.25, -0.2) is 0 Å². The maximum atomic E-state index is 5.74. The Balaban J connectivity index is 1.35. The Labute approximate surface area is 138 Å². The molecule has 0 radical (unpaired) electrons. The zero-order valence-corrected chi connectivity index (χ0v) is 14.1. The van der Waals surface area contributed by atoms with E-state index in [1.165, 1.54) is 48.2 Å². The maximum Gasteiger partial charge on any atom is 0.0618 e. The number of benzene rings is 2. The van der Waals surface area contributed by atoms with Crippen LogP contribution in [0.5, 0.6) is 0 Å². The van der Waals surface area contributed by atoms with E-state index in [-0.39, 0.29) is 0 Å². The molecule has 1 atom stereocenters. The third-order valence-corrected chi connectivity index (χ3v) is 5.21. The van der Waals surface area contributed by atoms with Crippen molar-refractivity contribution in [2.45, 2.75) is 43.9 Å². The molecular weight excluding hydrogens is 288 g/mol. The molecule has 0 fully saturated rings. The molecule has 116 valence electrons. The van der Waals surface area contributed by atoms with Crippen molar-refractivity contribution in [2.24, 2.45) is 5.92 Å². The molecule has 0 amide bonds. The van der Waals surface area contributed by atoms with Gasteiger partial charge in [0.05, 0.1) is 6.61 Å². The molecule has 1 unspecified atom stereocenters. The molecule has 0 saturated heterocycles. The summed E-state index contributed by atoms with van der Waals surface area (Å²) in [4.78, 5) is 1.19. The second kappa shape index (κ2) is 7.85. The molecule has 2 heteroatoms. The minimum absolute atomic E-state index is 0.836. The quantitative estimate of drug-likeness (QED) is 0.507. The first-order valence-corrected chi connectivity index (χ1v) is 8.98. The van der Waals surface area contributed by atoms with Crippen LogP contribution in [0, 0.1) is 12.8 Å². The standard InChI is InChI=1S/C20H24OS/c1-16-8-12-20(13-9-16)22-21-14-4-5-17-10-11-18-6-2-3-7-19(18)15-17/h2-3,6-9,12-13,17H,4-5,10-11,14-15H2,1H3. The largest absolute Gasteiger partial charge is 0.310 e. The minimum atomic E-state index is 0.836. The lowest BCUT2D eigenvalue weighted by atomic mass is 9.82. The van der Waals surface area contributed by atoms with Crippen molar-refractivity contribution < 1.29 is 4.18 Å². The van der Waals surface area contributed by atoms with Crippen molar-refractivity contribution >= 4 is 12.0 Å². The fraction of sp³-hybridized carbons (Fsp3) is 0.400. The summed E-state index contributed by atoms with van der Waals surface area (Å²) in [6.45, 7) is 2.95. The van der Waals surface area contributed by atoms with Crippen LogP contribution in [0.3, 0.4) is 0 Å². The van der Waals surface area contributed by atoms with Gasteiger partial charge >= 0.3 is 0 Å². The van der Waals surface area contributed by atoms with Crippen LogP contribution in [0.15, 0.2) is 53.4 Å². The average molecular weight is 312 g/mol. The average Bonchev–Trinajstić information content (AvgIpc) is 2.56. The number of fused-ring (bicyclic) bond motifs is 1. The molecular formula is C20H24OS. The summed E-state index contributed by atoms with van der Waals surface area (Å²) < 4.78 is 5.74. The van der Waals surface area contributed by atoms with E-state index >= 15 is 0 Å². The zero-order chi connectivity index (χ0) is 15.2. The SMILES string of the molecule is Cc1ccc(SOCCCC2CCc3ccccc3C2)cc1. The van der Waals surface area contributed by atoms with Crippen molar-refractivity contribution in [3.63, 3.8) is 0 Å². The van der Waals surface area contributed by atoms with E-state index in [2.05, 4.69) is 55.5 Å². The van der Waals surface area contributed by atoms with Crippen molar-refractivity contribution in [3.05, 3.63) is 65.2 Å². The molecule has 22 heavy (non-hydrogen) atoms. The van der Waals surface area contributed by atoms with E-state index in [1.54, 1.807) is 11.1 Å². The Bertz CT molecular complexity index is 591. The second-order valence-corrected chi connectivity index (χ2v) is 7.11. The van der Waals surface area contributed by atoms with Crippen LogP contribution < -0.4 is 0 Å². The summed E-state index contributed by atoms with van der Waals surface area (Å²) in [6.07, 6.45) is 6.28. The molecule has 0 aromatic heterocycles. The molecule has 0 N–H and O–H groups in total. The fourth-order valence-corrected chi connectivity index (χ4v) is 3.74. The molecule has 1 nitrogen and oxygen atoms in total. The van der Waals surface area contributed by atoms with Gasteiger partial charge in [-0.2, -0.15) is 0 Å². The van der Waals surface area contributed by atoms with Gasteiger partial charge < -0.3 is 4.18 Å². The van der Waals surface area contributed by atoms with E-state index in [0.29, 0.717) is 0 Å². The Morgan fingerprint density at radius 3 is 2.64 bits per heavy atom. The molecule has 3 rings (SSSR count). The maximum absolute atomic E-state index is 5.74. The predicted molar refractivity (Wildman–Crippen MR) is 94.2 cm³/mol. The van der Waals surface area contributed by atoms with Gasteiger partial charge in [-0.05, 0) is 68.2 Å². The molecule has 2 aromatic rings. The summed E-state index contributed by atoms with van der Waals surface area (Å²) in [5, 5.41) is 0. The highest BCUT2D eigenvalue weighted by Gasteiger charge is 2.17. The lowest BCUT2D eigenvalue weighted by molar-refractivity contribution is 0.323. The lowest BCUT2D eigenvalue weighted by Crippen LogP contribution is -2.14. The van der Waals surface area contributed by atoms with E-state index in [0.717, 1.165) is 18.9 Å². The summed E-state index contributed by atoms with van der Waals surface area (Å²) in [5.74, 6) is 0.836. The molecule has 0 bridgehead atoms. The van der Waals surface area contributed by atoms with Crippen LogP contribution in [0.4, 0.5) is 0 Å². The number of rotatable bonds is 6. The van der Waals surface area contributed by atoms with Gasteiger partial charge in [0, 0.05) is 16.9 Å². The normalized spacial score (nSPS) is 17.2. The van der Waals surface area contributed by atoms with Crippen LogP contribution >= 0.6 is 12.0 Å². The lowest BCUT2D eigenvalue weighted by Gasteiger charge is -2.24. The van der Waals surface area contributed by atoms with Gasteiger partial charge in [0.15, 0.2) is 0 Å². The molecule has 0 heterocycles. The van der Waals surface area contributed by atoms with Gasteiger partial charge in [-0.3, -0.25) is 0 Å². The van der Waals surface area contributed by atoms with Gasteiger partial charge in [0.2, 0.25) is 0 Å². The van der Waals surface area contributed by atoms with Crippen molar-refractivity contribution in [2.75, 3.05) is 6.61 Å². The van der Waals surface area contributed by atoms with E-state index < -0.39 is 0 Å². The zero-order valence-electron chi connectivity index (χ0n) is 13.3. The van der Waals surface area contributed by atoms with Gasteiger partial charge in [0.25, 0.3) is 0 Å². The Hall–Kier alpha value is -1.25.